The van der Waals surface area contributed by atoms with Crippen LogP contribution in [-0.4, -0.2) is 15.0 Å². The molecule has 0 spiro atoms. The fourth-order valence-electron chi connectivity index (χ4n) is 4.97. The Morgan fingerprint density at radius 2 is 1.73 bits per heavy atom. The van der Waals surface area contributed by atoms with Crippen molar-refractivity contribution in [3.05, 3.63) is 83.4 Å². The van der Waals surface area contributed by atoms with Gasteiger partial charge in [-0.2, -0.15) is 4.73 Å². The van der Waals surface area contributed by atoms with Gasteiger partial charge in [-0.3, -0.25) is 0 Å². The summed E-state index contributed by atoms with van der Waals surface area (Å²) in [6.07, 6.45) is 5.27. The van der Waals surface area contributed by atoms with Crippen molar-refractivity contribution >= 4 is 0 Å². The zero-order valence-corrected chi connectivity index (χ0v) is 19.8. The maximum absolute atomic E-state index is 13.7. The summed E-state index contributed by atoms with van der Waals surface area (Å²) in [6.45, 7) is 7.91. The predicted octanol–water partition coefficient (Wildman–Crippen LogP) is 6.78. The lowest BCUT2D eigenvalue weighted by atomic mass is 9.88. The standard InChI is InChI=1S/C28H33FN2O2/c1-18(2)26-25(28(4,32)30-23-12-8-9-19(3)17-23)24(20-10-6-5-7-11-20)27(31(26)33)21-13-15-22(29)16-14-21/h5-7,10-11,13-19,30,32-33H,8-9,12H2,1-4H3. The molecule has 4 rings (SSSR count). The Labute approximate surface area is 195 Å². The Hall–Kier alpha value is -3.05. The average molecular weight is 449 g/mol. The van der Waals surface area contributed by atoms with Crippen LogP contribution in [0.4, 0.5) is 4.39 Å². The van der Waals surface area contributed by atoms with Crippen LogP contribution >= 0.6 is 0 Å². The highest BCUT2D eigenvalue weighted by Gasteiger charge is 2.37. The monoisotopic (exact) mass is 448 g/mol. The van der Waals surface area contributed by atoms with Crippen LogP contribution in [0.3, 0.4) is 0 Å². The van der Waals surface area contributed by atoms with Gasteiger partial charge in [-0.05, 0) is 67.9 Å². The summed E-state index contributed by atoms with van der Waals surface area (Å²) in [5.74, 6) is 0.0361. The predicted molar refractivity (Wildman–Crippen MR) is 130 cm³/mol. The van der Waals surface area contributed by atoms with Crippen LogP contribution in [0.15, 0.2) is 66.4 Å². The van der Waals surface area contributed by atoms with Gasteiger partial charge in [-0.25, -0.2) is 4.39 Å². The Balaban J connectivity index is 1.99. The average Bonchev–Trinajstić information content (AvgIpc) is 3.09. The number of hydrogen-bond acceptors (Lipinski definition) is 3. The molecule has 2 atom stereocenters. The molecule has 4 nitrogen and oxygen atoms in total. The number of aromatic nitrogens is 1. The summed E-state index contributed by atoms with van der Waals surface area (Å²) in [7, 11) is 0. The smallest absolute Gasteiger partial charge is 0.161 e. The second-order valence-electron chi connectivity index (χ2n) is 9.58. The summed E-state index contributed by atoms with van der Waals surface area (Å²) in [6, 6.07) is 15.8. The minimum absolute atomic E-state index is 0.0748. The van der Waals surface area contributed by atoms with Crippen LogP contribution < -0.4 is 5.32 Å². The minimum Gasteiger partial charge on any atom is -0.428 e. The molecular weight excluding hydrogens is 415 g/mol. The number of benzene rings is 2. The van der Waals surface area contributed by atoms with Gasteiger partial charge in [0.25, 0.3) is 0 Å². The van der Waals surface area contributed by atoms with Crippen molar-refractivity contribution in [2.24, 2.45) is 5.92 Å². The number of rotatable bonds is 6. The highest BCUT2D eigenvalue weighted by Crippen LogP contribution is 2.45. The van der Waals surface area contributed by atoms with Gasteiger partial charge in [0.1, 0.15) is 5.82 Å². The molecular formula is C28H33FN2O2. The van der Waals surface area contributed by atoms with Gasteiger partial charge in [0, 0.05) is 22.4 Å². The molecule has 5 heteroatoms. The largest absolute Gasteiger partial charge is 0.428 e. The number of nitrogens with zero attached hydrogens (tertiary/aromatic N) is 1. The molecule has 1 aliphatic rings. The molecule has 2 unspecified atom stereocenters. The van der Waals surface area contributed by atoms with E-state index in [0.29, 0.717) is 28.4 Å². The van der Waals surface area contributed by atoms with E-state index < -0.39 is 5.72 Å². The van der Waals surface area contributed by atoms with E-state index >= 15 is 0 Å². The molecule has 1 aliphatic carbocycles. The van der Waals surface area contributed by atoms with Crippen LogP contribution in [0.2, 0.25) is 0 Å². The molecule has 0 amide bonds. The van der Waals surface area contributed by atoms with Gasteiger partial charge in [0.2, 0.25) is 0 Å². The first-order valence-electron chi connectivity index (χ1n) is 11.7. The first-order valence-corrected chi connectivity index (χ1v) is 11.7. The summed E-state index contributed by atoms with van der Waals surface area (Å²) >= 11 is 0. The van der Waals surface area contributed by atoms with Gasteiger partial charge in [0.05, 0.1) is 11.4 Å². The van der Waals surface area contributed by atoms with E-state index in [-0.39, 0.29) is 11.7 Å². The van der Waals surface area contributed by atoms with E-state index in [1.165, 1.54) is 16.9 Å². The molecule has 0 saturated heterocycles. The van der Waals surface area contributed by atoms with Crippen LogP contribution in [0.5, 0.6) is 0 Å². The molecule has 0 fully saturated rings. The Morgan fingerprint density at radius 3 is 2.33 bits per heavy atom. The van der Waals surface area contributed by atoms with Gasteiger partial charge in [0.15, 0.2) is 5.72 Å². The van der Waals surface area contributed by atoms with Crippen LogP contribution in [-0.2, 0) is 5.72 Å². The number of halogens is 1. The van der Waals surface area contributed by atoms with E-state index in [1.807, 2.05) is 44.2 Å². The molecule has 0 radical (unpaired) electrons. The van der Waals surface area contributed by atoms with Crippen molar-refractivity contribution in [3.63, 3.8) is 0 Å². The third kappa shape index (κ3) is 4.55. The second kappa shape index (κ2) is 9.06. The van der Waals surface area contributed by atoms with Crippen molar-refractivity contribution in [1.29, 1.82) is 0 Å². The summed E-state index contributed by atoms with van der Waals surface area (Å²) < 4.78 is 14.9. The van der Waals surface area contributed by atoms with Crippen molar-refractivity contribution in [1.82, 2.24) is 10.0 Å². The van der Waals surface area contributed by atoms with Crippen LogP contribution in [0, 0.1) is 11.7 Å². The molecule has 1 heterocycles. The van der Waals surface area contributed by atoms with Gasteiger partial charge < -0.3 is 15.6 Å². The number of hydrogen-bond donors (Lipinski definition) is 3. The number of nitrogens with one attached hydrogen (secondary N) is 1. The highest BCUT2D eigenvalue weighted by molar-refractivity contribution is 5.86. The van der Waals surface area contributed by atoms with Crippen molar-refractivity contribution in [3.8, 4) is 22.4 Å². The molecule has 0 bridgehead atoms. The van der Waals surface area contributed by atoms with E-state index in [1.54, 1.807) is 19.1 Å². The first kappa shape index (κ1) is 23.1. The molecule has 3 aromatic rings. The van der Waals surface area contributed by atoms with Gasteiger partial charge >= 0.3 is 0 Å². The molecule has 0 saturated carbocycles. The van der Waals surface area contributed by atoms with Crippen LogP contribution in [0.1, 0.15) is 64.1 Å². The number of allylic oxidation sites excluding steroid dienone is 2. The topological polar surface area (TPSA) is 57.4 Å². The van der Waals surface area contributed by atoms with Crippen molar-refractivity contribution < 1.29 is 14.7 Å². The lowest BCUT2D eigenvalue weighted by Gasteiger charge is -2.32. The maximum atomic E-state index is 13.7. The quantitative estimate of drug-likeness (QED) is 0.288. The summed E-state index contributed by atoms with van der Waals surface area (Å²) in [4.78, 5) is 0. The lowest BCUT2D eigenvalue weighted by molar-refractivity contribution is 0.0267. The normalized spacial score (nSPS) is 18.2. The van der Waals surface area contributed by atoms with Crippen molar-refractivity contribution in [2.75, 3.05) is 0 Å². The third-order valence-electron chi connectivity index (χ3n) is 6.39. The Morgan fingerprint density at radius 1 is 1.06 bits per heavy atom. The minimum atomic E-state index is -1.43. The van der Waals surface area contributed by atoms with E-state index in [0.717, 1.165) is 36.1 Å². The third-order valence-corrected chi connectivity index (χ3v) is 6.39. The molecule has 174 valence electrons. The zero-order valence-electron chi connectivity index (χ0n) is 19.8. The molecule has 33 heavy (non-hydrogen) atoms. The van der Waals surface area contributed by atoms with Gasteiger partial charge in [-0.15, -0.1) is 0 Å². The van der Waals surface area contributed by atoms with E-state index in [9.17, 15) is 14.7 Å². The maximum Gasteiger partial charge on any atom is 0.161 e. The summed E-state index contributed by atoms with van der Waals surface area (Å²) in [5, 5.41) is 26.7. The molecule has 1 aromatic heterocycles. The van der Waals surface area contributed by atoms with Crippen molar-refractivity contribution in [2.45, 2.75) is 58.6 Å². The van der Waals surface area contributed by atoms with Crippen LogP contribution in [0.25, 0.3) is 22.4 Å². The van der Waals surface area contributed by atoms with E-state index in [2.05, 4.69) is 18.3 Å². The fourth-order valence-corrected chi connectivity index (χ4v) is 4.97. The molecule has 2 aromatic carbocycles. The number of aliphatic hydroxyl groups is 1. The molecule has 3 N–H and O–H groups in total. The Bertz CT molecular complexity index is 1140. The SMILES string of the molecule is CC1C=C(NC(C)(O)c2c(-c3ccccc3)c(-c3ccc(F)cc3)n(O)c2C(C)C)CCC1. The molecule has 0 aliphatic heterocycles. The van der Waals surface area contributed by atoms with E-state index in [4.69, 9.17) is 0 Å². The second-order valence-corrected chi connectivity index (χ2v) is 9.58. The lowest BCUT2D eigenvalue weighted by Crippen LogP contribution is -2.40. The Kier molecular flexibility index (Phi) is 6.35. The van der Waals surface area contributed by atoms with Gasteiger partial charge in [-0.1, -0.05) is 57.2 Å². The first-order chi connectivity index (χ1) is 15.7. The zero-order chi connectivity index (χ0) is 23.8. The fraction of sp³-hybridized carbons (Fsp3) is 0.357. The summed E-state index contributed by atoms with van der Waals surface area (Å²) in [5.41, 5.74) is 3.64. The highest BCUT2D eigenvalue weighted by atomic mass is 19.1.